The van der Waals surface area contributed by atoms with E-state index in [1.165, 1.54) is 48.1 Å². The Balaban J connectivity index is 1.11. The first-order valence-electron chi connectivity index (χ1n) is 13.4. The Morgan fingerprint density at radius 2 is 1.89 bits per heavy atom. The molecule has 0 bridgehead atoms. The van der Waals surface area contributed by atoms with Crippen LogP contribution in [-0.2, 0) is 29.5 Å². The van der Waals surface area contributed by atoms with Crippen LogP contribution in [0.4, 0.5) is 5.82 Å². The van der Waals surface area contributed by atoms with Crippen LogP contribution in [0.5, 0.6) is 0 Å². The highest BCUT2D eigenvalue weighted by atomic mass is 16.2. The van der Waals surface area contributed by atoms with Crippen molar-refractivity contribution < 1.29 is 4.79 Å². The van der Waals surface area contributed by atoms with Gasteiger partial charge in [-0.3, -0.25) is 4.79 Å². The molecule has 1 aliphatic carbocycles. The molecule has 0 radical (unpaired) electrons. The molecule has 0 saturated carbocycles. The van der Waals surface area contributed by atoms with E-state index in [0.29, 0.717) is 5.91 Å². The summed E-state index contributed by atoms with van der Waals surface area (Å²) >= 11 is 0. The molecule has 1 aromatic carbocycles. The Bertz CT molecular complexity index is 1280. The average molecular weight is 471 g/mol. The minimum atomic E-state index is 0.0716. The van der Waals surface area contributed by atoms with Crippen molar-refractivity contribution in [1.29, 1.82) is 0 Å². The smallest absolute Gasteiger partial charge is 0.229 e. The number of hydrogen-bond acceptors (Lipinski definition) is 5. The average Bonchev–Trinajstić information content (AvgIpc) is 3.20. The van der Waals surface area contributed by atoms with Gasteiger partial charge in [0.15, 0.2) is 5.65 Å². The van der Waals surface area contributed by atoms with Crippen molar-refractivity contribution in [1.82, 2.24) is 24.8 Å². The zero-order chi connectivity index (χ0) is 23.4. The zero-order valence-corrected chi connectivity index (χ0v) is 20.4. The lowest BCUT2D eigenvalue weighted by atomic mass is 9.65. The van der Waals surface area contributed by atoms with Gasteiger partial charge in [0.2, 0.25) is 5.91 Å². The Morgan fingerprint density at radius 3 is 2.83 bits per heavy atom. The molecule has 7 rings (SSSR count). The molecule has 5 heterocycles. The summed E-state index contributed by atoms with van der Waals surface area (Å²) in [4.78, 5) is 23.2. The molecule has 1 N–H and O–H groups in total. The van der Waals surface area contributed by atoms with Gasteiger partial charge in [-0.25, -0.2) is 4.98 Å². The van der Waals surface area contributed by atoms with Crippen LogP contribution in [0.25, 0.3) is 5.65 Å². The van der Waals surface area contributed by atoms with E-state index in [0.717, 1.165) is 70.0 Å². The third-order valence-electron chi connectivity index (χ3n) is 8.89. The fourth-order valence-corrected chi connectivity index (χ4v) is 7.16. The van der Waals surface area contributed by atoms with Gasteiger partial charge in [-0.05, 0) is 56.2 Å². The number of hydrogen-bond donors (Lipinski definition) is 1. The summed E-state index contributed by atoms with van der Waals surface area (Å²) in [5.74, 6) is 1.57. The summed E-state index contributed by atoms with van der Waals surface area (Å²) in [6, 6.07) is 11.0. The van der Waals surface area contributed by atoms with E-state index in [-0.39, 0.29) is 11.3 Å². The van der Waals surface area contributed by atoms with Crippen LogP contribution in [0, 0.1) is 5.92 Å². The van der Waals surface area contributed by atoms with Crippen LogP contribution in [0.1, 0.15) is 48.1 Å². The molecule has 35 heavy (non-hydrogen) atoms. The molecule has 182 valence electrons. The minimum absolute atomic E-state index is 0.0716. The molecule has 3 aromatic rings. The van der Waals surface area contributed by atoms with Gasteiger partial charge < -0.3 is 15.1 Å². The number of amides is 1. The number of rotatable bonds is 2. The number of likely N-dealkylation sites (tertiary alicyclic amines) is 1. The normalized spacial score (nSPS) is 24.7. The molecule has 7 heteroatoms. The van der Waals surface area contributed by atoms with E-state index >= 15 is 0 Å². The number of aromatic nitrogens is 3. The maximum atomic E-state index is 13.7. The van der Waals surface area contributed by atoms with Crippen molar-refractivity contribution in [3.63, 3.8) is 0 Å². The number of nitrogens with one attached hydrogen (secondary N) is 1. The van der Waals surface area contributed by atoms with Gasteiger partial charge in [-0.15, -0.1) is 0 Å². The number of carbonyl (C=O) groups excluding carboxylic acids is 1. The highest BCUT2D eigenvalue weighted by molar-refractivity contribution is 5.82. The first-order valence-corrected chi connectivity index (χ1v) is 13.4. The highest BCUT2D eigenvalue weighted by Gasteiger charge is 2.44. The van der Waals surface area contributed by atoms with Crippen molar-refractivity contribution in [3.05, 3.63) is 58.9 Å². The van der Waals surface area contributed by atoms with Gasteiger partial charge in [0.25, 0.3) is 0 Å². The van der Waals surface area contributed by atoms with Crippen molar-refractivity contribution in [2.24, 2.45) is 5.92 Å². The van der Waals surface area contributed by atoms with Crippen LogP contribution in [0.15, 0.2) is 36.5 Å². The summed E-state index contributed by atoms with van der Waals surface area (Å²) in [5, 5.41) is 8.09. The zero-order valence-electron chi connectivity index (χ0n) is 20.4. The quantitative estimate of drug-likeness (QED) is 0.624. The molecule has 2 aromatic heterocycles. The van der Waals surface area contributed by atoms with E-state index in [1.54, 1.807) is 0 Å². The van der Waals surface area contributed by atoms with Crippen LogP contribution >= 0.6 is 0 Å². The van der Waals surface area contributed by atoms with Crippen molar-refractivity contribution in [2.45, 2.75) is 50.4 Å². The summed E-state index contributed by atoms with van der Waals surface area (Å²) in [6.45, 7) is 5.26. The lowest BCUT2D eigenvalue weighted by molar-refractivity contribution is -0.138. The molecule has 1 unspecified atom stereocenters. The maximum absolute atomic E-state index is 13.7. The first kappa shape index (κ1) is 21.4. The number of aryl methyl sites for hydroxylation is 1. The topological polar surface area (TPSA) is 65.8 Å². The lowest BCUT2D eigenvalue weighted by Gasteiger charge is -2.49. The molecular formula is C28H34N6O. The van der Waals surface area contributed by atoms with Gasteiger partial charge in [0, 0.05) is 56.2 Å². The maximum Gasteiger partial charge on any atom is 0.229 e. The van der Waals surface area contributed by atoms with Crippen LogP contribution in [-0.4, -0.2) is 64.7 Å². The second kappa shape index (κ2) is 8.33. The summed E-state index contributed by atoms with van der Waals surface area (Å²) < 4.78 is 1.99. The number of piperidine rings is 1. The van der Waals surface area contributed by atoms with E-state index < -0.39 is 0 Å². The van der Waals surface area contributed by atoms with E-state index in [2.05, 4.69) is 44.5 Å². The number of nitrogens with zero attached hydrogens (tertiary/aromatic N) is 5. The van der Waals surface area contributed by atoms with Gasteiger partial charge in [-0.1, -0.05) is 24.3 Å². The Kier molecular flexibility index (Phi) is 5.08. The molecular weight excluding hydrogens is 436 g/mol. The Morgan fingerprint density at radius 1 is 1.03 bits per heavy atom. The largest absolute Gasteiger partial charge is 0.354 e. The van der Waals surface area contributed by atoms with Gasteiger partial charge >= 0.3 is 0 Å². The Labute approximate surface area is 206 Å². The summed E-state index contributed by atoms with van der Waals surface area (Å²) in [7, 11) is 0. The molecule has 2 fully saturated rings. The molecule has 1 amide bonds. The standard InChI is InChI=1S/C28H34N6O/c35-27(32-16-4-12-28(19-32)11-3-6-20-5-1-2-7-23(20)28)21-17-33(18-21)26-22-8-13-29-14-9-24(22)31-25-10-15-30-34(25)26/h1-2,5,7,10,15,21,29H,3-4,6,8-9,11-14,16-19H2. The van der Waals surface area contributed by atoms with Crippen molar-refractivity contribution >= 4 is 17.4 Å². The van der Waals surface area contributed by atoms with Crippen molar-refractivity contribution in [2.75, 3.05) is 44.2 Å². The van der Waals surface area contributed by atoms with Gasteiger partial charge in [-0.2, -0.15) is 9.61 Å². The fraction of sp³-hybridized carbons (Fsp3) is 0.536. The van der Waals surface area contributed by atoms with E-state index in [1.807, 2.05) is 16.8 Å². The SMILES string of the molecule is O=C(C1CN(c2c3c(nc4ccnn24)CCNCC3)C1)N1CCCC2(CCCc3ccccc32)C1. The second-order valence-electron chi connectivity index (χ2n) is 11.0. The summed E-state index contributed by atoms with van der Waals surface area (Å²) in [6.07, 6.45) is 9.66. The Hall–Kier alpha value is -2.93. The number of anilines is 1. The second-order valence-corrected chi connectivity index (χ2v) is 11.0. The van der Waals surface area contributed by atoms with Crippen LogP contribution in [0.3, 0.4) is 0 Å². The van der Waals surface area contributed by atoms with Gasteiger partial charge in [0.05, 0.1) is 17.8 Å². The monoisotopic (exact) mass is 470 g/mol. The minimum Gasteiger partial charge on any atom is -0.354 e. The number of fused-ring (bicyclic) bond motifs is 4. The molecule has 4 aliphatic rings. The van der Waals surface area contributed by atoms with E-state index in [4.69, 9.17) is 4.98 Å². The molecule has 3 aliphatic heterocycles. The number of benzene rings is 1. The third-order valence-corrected chi connectivity index (χ3v) is 8.89. The van der Waals surface area contributed by atoms with Crippen molar-refractivity contribution in [3.8, 4) is 0 Å². The predicted molar refractivity (Wildman–Crippen MR) is 136 cm³/mol. The molecule has 2 saturated heterocycles. The first-order chi connectivity index (χ1) is 17.2. The molecule has 7 nitrogen and oxygen atoms in total. The van der Waals surface area contributed by atoms with Crippen LogP contribution < -0.4 is 10.2 Å². The van der Waals surface area contributed by atoms with Crippen LogP contribution in [0.2, 0.25) is 0 Å². The summed E-state index contributed by atoms with van der Waals surface area (Å²) in [5.41, 5.74) is 6.55. The molecule has 1 spiro atoms. The van der Waals surface area contributed by atoms with E-state index in [9.17, 15) is 4.79 Å². The highest BCUT2D eigenvalue weighted by Crippen LogP contribution is 2.44. The lowest BCUT2D eigenvalue weighted by Crippen LogP contribution is -2.58. The molecule has 1 atom stereocenters. The number of carbonyl (C=O) groups is 1. The third kappa shape index (κ3) is 3.46. The fourth-order valence-electron chi connectivity index (χ4n) is 7.16. The van der Waals surface area contributed by atoms with Gasteiger partial charge in [0.1, 0.15) is 5.82 Å². The predicted octanol–water partition coefficient (Wildman–Crippen LogP) is 2.75.